The van der Waals surface area contributed by atoms with E-state index in [4.69, 9.17) is 5.73 Å². The van der Waals surface area contributed by atoms with Crippen molar-refractivity contribution < 1.29 is 0 Å². The lowest BCUT2D eigenvalue weighted by Crippen LogP contribution is -2.18. The molecule has 2 aromatic heterocycles. The van der Waals surface area contributed by atoms with Crippen LogP contribution >= 0.6 is 0 Å². The zero-order valence-electron chi connectivity index (χ0n) is 9.54. The largest absolute Gasteiger partial charge is 0.340 e. The standard InChI is InChI=1S/C10H16N6/c1-3-4-16-9(5-13-14-16)10(11)8-6-15(2)7-12-8/h5-7,10H,3-4,11H2,1-2H3. The Balaban J connectivity index is 2.26. The molecule has 0 bridgehead atoms. The predicted octanol–water partition coefficient (Wildman–Crippen LogP) is 0.470. The third kappa shape index (κ3) is 1.96. The summed E-state index contributed by atoms with van der Waals surface area (Å²) in [4.78, 5) is 4.24. The highest BCUT2D eigenvalue weighted by molar-refractivity contribution is 5.16. The van der Waals surface area contributed by atoms with Crippen molar-refractivity contribution >= 4 is 0 Å². The van der Waals surface area contributed by atoms with Gasteiger partial charge < -0.3 is 10.3 Å². The molecule has 0 aromatic carbocycles. The maximum atomic E-state index is 6.13. The minimum atomic E-state index is -0.261. The molecule has 2 rings (SSSR count). The van der Waals surface area contributed by atoms with Gasteiger partial charge in [0.1, 0.15) is 0 Å². The van der Waals surface area contributed by atoms with Gasteiger partial charge in [-0.3, -0.25) is 0 Å². The van der Waals surface area contributed by atoms with Gasteiger partial charge in [-0.2, -0.15) is 0 Å². The van der Waals surface area contributed by atoms with Gasteiger partial charge in [0.05, 0.1) is 30.0 Å². The molecule has 6 heteroatoms. The van der Waals surface area contributed by atoms with Crippen molar-refractivity contribution in [1.82, 2.24) is 24.5 Å². The lowest BCUT2D eigenvalue weighted by molar-refractivity contribution is 0.541. The van der Waals surface area contributed by atoms with Crippen LogP contribution in [0.3, 0.4) is 0 Å². The Morgan fingerprint density at radius 3 is 2.94 bits per heavy atom. The number of rotatable bonds is 4. The maximum Gasteiger partial charge on any atom is 0.0947 e. The number of imidazole rings is 1. The van der Waals surface area contributed by atoms with Gasteiger partial charge in [0.2, 0.25) is 0 Å². The van der Waals surface area contributed by atoms with Crippen LogP contribution in [-0.4, -0.2) is 24.5 Å². The lowest BCUT2D eigenvalue weighted by atomic mass is 10.2. The Kier molecular flexibility index (Phi) is 3.00. The molecule has 0 spiro atoms. The zero-order valence-corrected chi connectivity index (χ0v) is 9.54. The quantitative estimate of drug-likeness (QED) is 0.812. The fourth-order valence-electron chi connectivity index (χ4n) is 1.64. The van der Waals surface area contributed by atoms with Crippen LogP contribution in [0.5, 0.6) is 0 Å². The number of nitrogens with zero attached hydrogens (tertiary/aromatic N) is 5. The molecule has 0 radical (unpaired) electrons. The SMILES string of the molecule is CCCn1nncc1C(N)c1cn(C)cn1. The van der Waals surface area contributed by atoms with Crippen molar-refractivity contribution in [3.05, 3.63) is 30.1 Å². The van der Waals surface area contributed by atoms with Gasteiger partial charge in [-0.05, 0) is 6.42 Å². The first-order valence-corrected chi connectivity index (χ1v) is 5.34. The number of nitrogens with two attached hydrogens (primary N) is 1. The second-order valence-electron chi connectivity index (χ2n) is 3.82. The van der Waals surface area contributed by atoms with E-state index in [0.29, 0.717) is 0 Å². The normalized spacial score (nSPS) is 12.9. The highest BCUT2D eigenvalue weighted by atomic mass is 15.4. The first-order chi connectivity index (χ1) is 7.72. The van der Waals surface area contributed by atoms with Gasteiger partial charge in [-0.25, -0.2) is 9.67 Å². The van der Waals surface area contributed by atoms with Crippen LogP contribution in [0, 0.1) is 0 Å². The van der Waals surface area contributed by atoms with Crippen LogP contribution in [0.4, 0.5) is 0 Å². The van der Waals surface area contributed by atoms with E-state index in [1.165, 1.54) is 0 Å². The van der Waals surface area contributed by atoms with Gasteiger partial charge in [-0.15, -0.1) is 5.10 Å². The van der Waals surface area contributed by atoms with E-state index >= 15 is 0 Å². The summed E-state index contributed by atoms with van der Waals surface area (Å²) < 4.78 is 3.71. The fraction of sp³-hybridized carbons (Fsp3) is 0.500. The third-order valence-electron chi connectivity index (χ3n) is 2.45. The first kappa shape index (κ1) is 10.8. The molecule has 0 amide bonds. The number of aryl methyl sites for hydroxylation is 2. The molecule has 2 heterocycles. The third-order valence-corrected chi connectivity index (χ3v) is 2.45. The minimum Gasteiger partial charge on any atom is -0.340 e. The Bertz CT molecular complexity index is 457. The average Bonchev–Trinajstić information content (AvgIpc) is 2.87. The summed E-state index contributed by atoms with van der Waals surface area (Å²) >= 11 is 0. The molecular formula is C10H16N6. The van der Waals surface area contributed by atoms with Gasteiger partial charge in [-0.1, -0.05) is 12.1 Å². The van der Waals surface area contributed by atoms with Crippen molar-refractivity contribution in [3.8, 4) is 0 Å². The molecule has 2 N–H and O–H groups in total. The molecule has 1 unspecified atom stereocenters. The maximum absolute atomic E-state index is 6.13. The molecule has 16 heavy (non-hydrogen) atoms. The van der Waals surface area contributed by atoms with Crippen molar-refractivity contribution in [3.63, 3.8) is 0 Å². The van der Waals surface area contributed by atoms with Gasteiger partial charge in [0.25, 0.3) is 0 Å². The number of hydrogen-bond donors (Lipinski definition) is 1. The summed E-state index contributed by atoms with van der Waals surface area (Å²) in [5, 5.41) is 7.90. The van der Waals surface area contributed by atoms with Crippen molar-refractivity contribution in [2.45, 2.75) is 25.9 Å². The summed E-state index contributed by atoms with van der Waals surface area (Å²) in [6, 6.07) is -0.261. The summed E-state index contributed by atoms with van der Waals surface area (Å²) in [5.74, 6) is 0. The molecule has 0 fully saturated rings. The zero-order chi connectivity index (χ0) is 11.5. The van der Waals surface area contributed by atoms with E-state index in [0.717, 1.165) is 24.4 Å². The van der Waals surface area contributed by atoms with Crippen LogP contribution in [0.15, 0.2) is 18.7 Å². The van der Waals surface area contributed by atoms with Crippen molar-refractivity contribution in [2.24, 2.45) is 12.8 Å². The summed E-state index contributed by atoms with van der Waals surface area (Å²) in [5.41, 5.74) is 7.87. The number of hydrogen-bond acceptors (Lipinski definition) is 4. The lowest BCUT2D eigenvalue weighted by Gasteiger charge is -2.10. The van der Waals surface area contributed by atoms with Crippen molar-refractivity contribution in [2.75, 3.05) is 0 Å². The summed E-state index contributed by atoms with van der Waals surface area (Å²) in [6.45, 7) is 2.92. The smallest absolute Gasteiger partial charge is 0.0947 e. The molecule has 0 aliphatic carbocycles. The van der Waals surface area contributed by atoms with Crippen LogP contribution < -0.4 is 5.73 Å². The van der Waals surface area contributed by atoms with Crippen LogP contribution in [0.25, 0.3) is 0 Å². The van der Waals surface area contributed by atoms with E-state index in [-0.39, 0.29) is 6.04 Å². The predicted molar refractivity (Wildman–Crippen MR) is 59.6 cm³/mol. The Morgan fingerprint density at radius 2 is 2.31 bits per heavy atom. The highest BCUT2D eigenvalue weighted by Gasteiger charge is 2.16. The fourth-order valence-corrected chi connectivity index (χ4v) is 1.64. The molecule has 86 valence electrons. The molecule has 0 aliphatic rings. The van der Waals surface area contributed by atoms with Gasteiger partial charge in [0.15, 0.2) is 0 Å². The van der Waals surface area contributed by atoms with Gasteiger partial charge >= 0.3 is 0 Å². The summed E-state index contributed by atoms with van der Waals surface area (Å²) in [7, 11) is 1.92. The second-order valence-corrected chi connectivity index (χ2v) is 3.82. The van der Waals surface area contributed by atoms with E-state index in [9.17, 15) is 0 Å². The number of aromatic nitrogens is 5. The first-order valence-electron chi connectivity index (χ1n) is 5.34. The topological polar surface area (TPSA) is 74.6 Å². The van der Waals surface area contributed by atoms with Gasteiger partial charge in [0, 0.05) is 19.8 Å². The van der Waals surface area contributed by atoms with E-state index in [1.807, 2.05) is 22.5 Å². The molecular weight excluding hydrogens is 204 g/mol. The monoisotopic (exact) mass is 220 g/mol. The van der Waals surface area contributed by atoms with E-state index in [2.05, 4.69) is 22.2 Å². The van der Waals surface area contributed by atoms with E-state index < -0.39 is 0 Å². The molecule has 6 nitrogen and oxygen atoms in total. The molecule has 0 saturated heterocycles. The molecule has 1 atom stereocenters. The minimum absolute atomic E-state index is 0.261. The van der Waals surface area contributed by atoms with E-state index in [1.54, 1.807) is 12.5 Å². The van der Waals surface area contributed by atoms with Crippen molar-refractivity contribution in [1.29, 1.82) is 0 Å². The summed E-state index contributed by atoms with van der Waals surface area (Å²) in [6.07, 6.45) is 6.36. The Morgan fingerprint density at radius 1 is 1.50 bits per heavy atom. The second kappa shape index (κ2) is 4.44. The molecule has 0 aliphatic heterocycles. The Labute approximate surface area is 94.1 Å². The van der Waals surface area contributed by atoms with Crippen LogP contribution in [0.1, 0.15) is 30.8 Å². The van der Waals surface area contributed by atoms with Crippen LogP contribution in [0.2, 0.25) is 0 Å². The highest BCUT2D eigenvalue weighted by Crippen LogP contribution is 2.16. The average molecular weight is 220 g/mol. The van der Waals surface area contributed by atoms with Crippen LogP contribution in [-0.2, 0) is 13.6 Å². The molecule has 2 aromatic rings. The molecule has 0 saturated carbocycles. The Hall–Kier alpha value is -1.69.